The molecule has 46 heavy (non-hydrogen) atoms. The van der Waals surface area contributed by atoms with E-state index < -0.39 is 35.6 Å². The number of amides is 3. The summed E-state index contributed by atoms with van der Waals surface area (Å²) in [5.74, 6) is -2.34. The summed E-state index contributed by atoms with van der Waals surface area (Å²) in [6, 6.07) is 13.9. The summed E-state index contributed by atoms with van der Waals surface area (Å²) in [5, 5.41) is 10.7. The summed E-state index contributed by atoms with van der Waals surface area (Å²) in [5.41, 5.74) is 2.32. The number of aryl methyl sites for hydroxylation is 2. The predicted molar refractivity (Wildman–Crippen MR) is 183 cm³/mol. The number of ether oxygens (including phenoxy) is 1. The number of carbonyl (C=O) groups excluding carboxylic acids is 3. The molecule has 3 saturated heterocycles. The lowest BCUT2D eigenvalue weighted by atomic mass is 9.70. The number of halogens is 1. The van der Waals surface area contributed by atoms with Crippen molar-refractivity contribution in [1.29, 1.82) is 0 Å². The Morgan fingerprint density at radius 1 is 1.07 bits per heavy atom. The highest BCUT2D eigenvalue weighted by Crippen LogP contribution is 2.61. The summed E-state index contributed by atoms with van der Waals surface area (Å²) < 4.78 is 6.83. The molecule has 0 radical (unpaired) electrons. The van der Waals surface area contributed by atoms with Crippen LogP contribution in [0.15, 0.2) is 73.8 Å². The number of likely N-dealkylation sites (tertiary alicyclic amines) is 1. The minimum atomic E-state index is -1.25. The second-order valence-corrected chi connectivity index (χ2v) is 14.5. The maximum absolute atomic E-state index is 15.1. The fourth-order valence-electron chi connectivity index (χ4n) is 8.04. The van der Waals surface area contributed by atoms with Crippen molar-refractivity contribution in [3.05, 3.63) is 90.5 Å². The molecule has 0 saturated carbocycles. The van der Waals surface area contributed by atoms with Gasteiger partial charge in [0.15, 0.2) is 0 Å². The number of hydrogen-bond donors (Lipinski definition) is 1. The van der Waals surface area contributed by atoms with Gasteiger partial charge in [-0.05, 0) is 49.3 Å². The third-order valence-electron chi connectivity index (χ3n) is 9.76. The SMILES string of the molecule is C=CCN(Cc1ccccc1)C(=O)[C@H]1[C@H]2C(=O)N([C@@H](CO)CC(C)C)C(C(=O)N(CC=C)c3c(C)cccc3C)C23CC(Br)[C@@H]1O3. The van der Waals surface area contributed by atoms with Crippen LogP contribution >= 0.6 is 15.9 Å². The topological polar surface area (TPSA) is 90.4 Å². The van der Waals surface area contributed by atoms with Gasteiger partial charge in [-0.15, -0.1) is 13.2 Å². The van der Waals surface area contributed by atoms with Crippen molar-refractivity contribution in [3.8, 4) is 0 Å². The van der Waals surface area contributed by atoms with Crippen LogP contribution in [0.3, 0.4) is 0 Å². The van der Waals surface area contributed by atoms with Gasteiger partial charge < -0.3 is 24.5 Å². The lowest BCUT2D eigenvalue weighted by molar-refractivity contribution is -0.147. The third-order valence-corrected chi connectivity index (χ3v) is 10.6. The van der Waals surface area contributed by atoms with Gasteiger partial charge in [-0.2, -0.15) is 0 Å². The van der Waals surface area contributed by atoms with E-state index in [0.29, 0.717) is 25.9 Å². The zero-order valence-electron chi connectivity index (χ0n) is 27.3. The quantitative estimate of drug-likeness (QED) is 0.231. The van der Waals surface area contributed by atoms with Crippen molar-refractivity contribution in [2.24, 2.45) is 17.8 Å². The summed E-state index contributed by atoms with van der Waals surface area (Å²) >= 11 is 3.80. The number of benzene rings is 2. The average Bonchev–Trinajstić information content (AvgIpc) is 3.62. The van der Waals surface area contributed by atoms with Crippen LogP contribution in [-0.2, 0) is 25.7 Å². The van der Waals surface area contributed by atoms with Crippen molar-refractivity contribution >= 4 is 39.3 Å². The van der Waals surface area contributed by atoms with Crippen LogP contribution in [0.2, 0.25) is 0 Å². The first-order valence-electron chi connectivity index (χ1n) is 16.2. The molecule has 1 spiro atoms. The minimum absolute atomic E-state index is 0.147. The van der Waals surface area contributed by atoms with E-state index in [0.717, 1.165) is 22.4 Å². The van der Waals surface area contributed by atoms with Crippen LogP contribution < -0.4 is 4.90 Å². The lowest BCUT2D eigenvalue weighted by Crippen LogP contribution is -2.59. The number of anilines is 1. The van der Waals surface area contributed by atoms with Crippen LogP contribution in [0.25, 0.3) is 0 Å². The molecule has 3 aliphatic rings. The molecule has 3 aliphatic heterocycles. The Kier molecular flexibility index (Phi) is 10.3. The van der Waals surface area contributed by atoms with Gasteiger partial charge in [-0.25, -0.2) is 0 Å². The average molecular weight is 693 g/mol. The fourth-order valence-corrected chi connectivity index (χ4v) is 8.99. The molecule has 0 aliphatic carbocycles. The third kappa shape index (κ3) is 5.86. The number of aliphatic hydroxyl groups excluding tert-OH is 1. The molecule has 2 aromatic carbocycles. The molecule has 3 amide bonds. The van der Waals surface area contributed by atoms with Gasteiger partial charge in [0.1, 0.15) is 11.6 Å². The van der Waals surface area contributed by atoms with E-state index in [2.05, 4.69) is 29.1 Å². The summed E-state index contributed by atoms with van der Waals surface area (Å²) in [4.78, 5) is 49.2. The molecular weight excluding hydrogens is 646 g/mol. The van der Waals surface area contributed by atoms with Crippen molar-refractivity contribution in [2.75, 3.05) is 24.6 Å². The first-order chi connectivity index (χ1) is 22.0. The number of hydrogen-bond acceptors (Lipinski definition) is 5. The van der Waals surface area contributed by atoms with Gasteiger partial charge in [-0.3, -0.25) is 14.4 Å². The first-order valence-corrected chi connectivity index (χ1v) is 17.1. The molecule has 2 aromatic rings. The van der Waals surface area contributed by atoms with Crippen molar-refractivity contribution in [1.82, 2.24) is 9.80 Å². The minimum Gasteiger partial charge on any atom is -0.394 e. The fraction of sp³-hybridized carbons (Fsp3) is 0.486. The van der Waals surface area contributed by atoms with Crippen molar-refractivity contribution in [3.63, 3.8) is 0 Å². The van der Waals surface area contributed by atoms with Gasteiger partial charge in [0.05, 0.1) is 30.6 Å². The van der Waals surface area contributed by atoms with Crippen molar-refractivity contribution in [2.45, 2.75) is 75.7 Å². The van der Waals surface area contributed by atoms with Crippen molar-refractivity contribution < 1.29 is 24.2 Å². The molecule has 1 N–H and O–H groups in total. The Morgan fingerprint density at radius 3 is 2.30 bits per heavy atom. The Labute approximate surface area is 281 Å². The zero-order chi connectivity index (χ0) is 33.3. The monoisotopic (exact) mass is 691 g/mol. The highest BCUT2D eigenvalue weighted by Gasteiger charge is 2.77. The molecule has 3 unspecified atom stereocenters. The normalized spacial score (nSPS) is 27.1. The number of carbonyl (C=O) groups is 3. The molecule has 2 bridgehead atoms. The van der Waals surface area contributed by atoms with E-state index in [1.54, 1.807) is 26.9 Å². The highest BCUT2D eigenvalue weighted by atomic mass is 79.9. The maximum Gasteiger partial charge on any atom is 0.253 e. The molecule has 0 aromatic heterocycles. The van der Waals surface area contributed by atoms with Crippen LogP contribution in [0.4, 0.5) is 5.69 Å². The van der Waals surface area contributed by atoms with Crippen LogP contribution in [0.5, 0.6) is 0 Å². The predicted octanol–water partition coefficient (Wildman–Crippen LogP) is 5.19. The van der Waals surface area contributed by atoms with Gasteiger partial charge in [0.2, 0.25) is 11.8 Å². The van der Waals surface area contributed by atoms with E-state index >= 15 is 4.79 Å². The van der Waals surface area contributed by atoms with Gasteiger partial charge >= 0.3 is 0 Å². The molecule has 9 heteroatoms. The smallest absolute Gasteiger partial charge is 0.253 e. The molecule has 3 fully saturated rings. The Bertz CT molecular complexity index is 1460. The van der Waals surface area contributed by atoms with Gasteiger partial charge in [0.25, 0.3) is 5.91 Å². The number of alkyl halides is 1. The molecular formula is C37H46BrN3O5. The first kappa shape index (κ1) is 34.1. The van der Waals surface area contributed by atoms with E-state index in [-0.39, 0.29) is 41.6 Å². The largest absolute Gasteiger partial charge is 0.394 e. The van der Waals surface area contributed by atoms with Gasteiger partial charge in [-0.1, -0.05) is 90.5 Å². The van der Waals surface area contributed by atoms with Gasteiger partial charge in [0, 0.05) is 30.1 Å². The van der Waals surface area contributed by atoms with Crippen LogP contribution in [0.1, 0.15) is 43.4 Å². The number of fused-ring (bicyclic) bond motifs is 1. The standard InChI is InChI=1S/C37H46BrN3O5/c1-7-17-39(21-26-15-10-9-11-16-26)34(43)29-30-35(44)41(27(22-42)19-23(3)4)33(37(30)20-28(38)32(29)46-37)36(45)40(18-8-2)31-24(5)13-12-14-25(31)6/h7-16,23,27-30,32-33,42H,1-2,17-22H2,3-6H3/t27-,28?,29+,30+,32+,33?,37?/m1/s1. The molecule has 5 rings (SSSR count). The number of nitrogens with zero attached hydrogens (tertiary/aromatic N) is 3. The molecule has 3 heterocycles. The van der Waals surface area contributed by atoms with E-state index in [1.165, 1.54) is 0 Å². The number of para-hydroxylation sites is 1. The zero-order valence-corrected chi connectivity index (χ0v) is 28.9. The Balaban J connectivity index is 1.62. The lowest BCUT2D eigenvalue weighted by Gasteiger charge is -2.40. The van der Waals surface area contributed by atoms with E-state index in [1.807, 2.05) is 76.2 Å². The Hall–Kier alpha value is -3.27. The Morgan fingerprint density at radius 2 is 1.72 bits per heavy atom. The van der Waals surface area contributed by atoms with Crippen LogP contribution in [0, 0.1) is 31.6 Å². The summed E-state index contributed by atoms with van der Waals surface area (Å²) in [7, 11) is 0. The second kappa shape index (κ2) is 13.8. The molecule has 246 valence electrons. The summed E-state index contributed by atoms with van der Waals surface area (Å²) in [6.45, 7) is 16.4. The highest BCUT2D eigenvalue weighted by molar-refractivity contribution is 9.09. The van der Waals surface area contributed by atoms with E-state index in [9.17, 15) is 14.7 Å². The number of aliphatic hydroxyl groups is 1. The molecule has 7 atom stereocenters. The van der Waals surface area contributed by atoms with E-state index in [4.69, 9.17) is 4.74 Å². The number of rotatable bonds is 13. The second-order valence-electron chi connectivity index (χ2n) is 13.3. The van der Waals surface area contributed by atoms with Crippen LogP contribution in [-0.4, -0.2) is 80.9 Å². The molecule has 8 nitrogen and oxygen atoms in total. The maximum atomic E-state index is 15.1. The summed E-state index contributed by atoms with van der Waals surface area (Å²) in [6.07, 6.45) is 3.66.